The van der Waals surface area contributed by atoms with Crippen molar-refractivity contribution in [2.75, 3.05) is 4.90 Å². The third kappa shape index (κ3) is 3.77. The Balaban J connectivity index is 1.28. The van der Waals surface area contributed by atoms with Crippen molar-refractivity contribution in [3.63, 3.8) is 0 Å². The van der Waals surface area contributed by atoms with Crippen LogP contribution in [0.4, 0.5) is 17.1 Å². The summed E-state index contributed by atoms with van der Waals surface area (Å²) in [4.78, 5) is 2.46. The molecule has 0 fully saturated rings. The highest BCUT2D eigenvalue weighted by molar-refractivity contribution is 7.26. The van der Waals surface area contributed by atoms with Crippen LogP contribution in [-0.2, 0) is 0 Å². The Hall–Kier alpha value is -5.58. The average molecular weight is 604 g/mol. The highest BCUT2D eigenvalue weighted by Crippen LogP contribution is 2.49. The van der Waals surface area contributed by atoms with Gasteiger partial charge in [-0.3, -0.25) is 0 Å². The van der Waals surface area contributed by atoms with Crippen LogP contribution in [0.15, 0.2) is 158 Å². The standard InChI is InChI=1S/C42H26BNOS/c1-3-11-27(12-4-1)29-19-22-31(23-20-29)44-36-24-21-30(28-13-5-2-6-14-28)25-35(36)43-41-37(44)26-34-32-15-8-10-18-39(32)46-42(34)40(41)33-16-7-9-17-38(33)45-43/h1-26H. The number of anilines is 3. The number of thiophene rings is 1. The zero-order valence-electron chi connectivity index (χ0n) is 24.9. The minimum Gasteiger partial charge on any atom is -0.551 e. The van der Waals surface area contributed by atoms with Crippen molar-refractivity contribution >= 4 is 66.4 Å². The lowest BCUT2D eigenvalue weighted by Gasteiger charge is -2.40. The normalized spacial score (nSPS) is 12.9. The molecule has 0 spiro atoms. The Kier molecular flexibility index (Phi) is 5.57. The van der Waals surface area contributed by atoms with Gasteiger partial charge in [0.25, 0.3) is 0 Å². The van der Waals surface area contributed by atoms with Crippen LogP contribution in [0.2, 0.25) is 0 Å². The van der Waals surface area contributed by atoms with E-state index in [0.717, 1.165) is 22.7 Å². The summed E-state index contributed by atoms with van der Waals surface area (Å²) in [5.74, 6) is 0.938. The molecule has 1 aromatic heterocycles. The molecule has 214 valence electrons. The number of nitrogens with zero attached hydrogens (tertiary/aromatic N) is 1. The summed E-state index contributed by atoms with van der Waals surface area (Å²) in [5, 5.41) is 2.59. The summed E-state index contributed by atoms with van der Waals surface area (Å²) in [5.41, 5.74) is 13.1. The molecule has 2 aliphatic heterocycles. The van der Waals surface area contributed by atoms with Gasteiger partial charge in [-0.25, -0.2) is 0 Å². The zero-order valence-corrected chi connectivity index (χ0v) is 25.7. The summed E-state index contributed by atoms with van der Waals surface area (Å²) in [6.07, 6.45) is 0. The van der Waals surface area contributed by atoms with Crippen LogP contribution in [0, 0.1) is 0 Å². The van der Waals surface area contributed by atoms with E-state index < -0.39 is 0 Å². The maximum absolute atomic E-state index is 7.02. The predicted octanol–water partition coefficient (Wildman–Crippen LogP) is 10.3. The van der Waals surface area contributed by atoms with Crippen LogP contribution in [0.25, 0.3) is 53.6 Å². The Morgan fingerprint density at radius 1 is 0.522 bits per heavy atom. The Labute approximate surface area is 271 Å². The minimum atomic E-state index is -0.229. The van der Waals surface area contributed by atoms with Crippen molar-refractivity contribution in [3.05, 3.63) is 158 Å². The molecule has 0 aliphatic carbocycles. The van der Waals surface area contributed by atoms with Gasteiger partial charge < -0.3 is 9.55 Å². The van der Waals surface area contributed by atoms with Crippen molar-refractivity contribution in [1.82, 2.24) is 0 Å². The molecule has 2 nitrogen and oxygen atoms in total. The molecule has 8 aromatic rings. The predicted molar refractivity (Wildman–Crippen MR) is 196 cm³/mol. The SMILES string of the molecule is c1ccc(-c2ccc(N3c4ccc(-c5ccccc5)cc4B4Oc5ccccc5-c5c4c3cc3c5sc4ccccc43)cc2)cc1. The van der Waals surface area contributed by atoms with Gasteiger partial charge in [0.1, 0.15) is 5.75 Å². The number of hydrogen-bond acceptors (Lipinski definition) is 3. The van der Waals surface area contributed by atoms with E-state index in [9.17, 15) is 0 Å². The summed E-state index contributed by atoms with van der Waals surface area (Å²) in [6, 6.07) is 56.9. The topological polar surface area (TPSA) is 12.5 Å². The van der Waals surface area contributed by atoms with Crippen LogP contribution in [0.5, 0.6) is 5.75 Å². The molecular formula is C42H26BNOS. The molecule has 0 atom stereocenters. The lowest BCUT2D eigenvalue weighted by molar-refractivity contribution is 0.590. The van der Waals surface area contributed by atoms with Crippen molar-refractivity contribution in [2.24, 2.45) is 0 Å². The van der Waals surface area contributed by atoms with Crippen LogP contribution in [-0.4, -0.2) is 6.92 Å². The van der Waals surface area contributed by atoms with E-state index in [2.05, 4.69) is 163 Å². The molecular weight excluding hydrogens is 577 g/mol. The molecule has 0 N–H and O–H groups in total. The highest BCUT2D eigenvalue weighted by Gasteiger charge is 2.43. The van der Waals surface area contributed by atoms with E-state index in [0.29, 0.717) is 0 Å². The van der Waals surface area contributed by atoms with Crippen molar-refractivity contribution < 1.29 is 4.65 Å². The average Bonchev–Trinajstić information content (AvgIpc) is 3.51. The van der Waals surface area contributed by atoms with Gasteiger partial charge in [0, 0.05) is 53.8 Å². The first kappa shape index (κ1) is 25.7. The van der Waals surface area contributed by atoms with E-state index in [1.807, 2.05) is 11.3 Å². The second kappa shape index (κ2) is 9.97. The molecule has 0 radical (unpaired) electrons. The lowest BCUT2D eigenvalue weighted by Crippen LogP contribution is -2.56. The molecule has 0 bridgehead atoms. The number of rotatable bonds is 3. The van der Waals surface area contributed by atoms with E-state index in [1.54, 1.807) is 0 Å². The van der Waals surface area contributed by atoms with E-state index in [1.165, 1.54) is 64.6 Å². The number of para-hydroxylation sites is 1. The fourth-order valence-electron chi connectivity index (χ4n) is 7.38. The first-order valence-electron chi connectivity index (χ1n) is 15.7. The third-order valence-corrected chi connectivity index (χ3v) is 10.7. The monoisotopic (exact) mass is 603 g/mol. The minimum absolute atomic E-state index is 0.229. The molecule has 3 heterocycles. The maximum Gasteiger partial charge on any atom is 0.431 e. The summed E-state index contributed by atoms with van der Waals surface area (Å²) in [7, 11) is 0. The Morgan fingerprint density at radius 3 is 1.98 bits per heavy atom. The van der Waals surface area contributed by atoms with Crippen LogP contribution in [0.1, 0.15) is 0 Å². The number of fused-ring (bicyclic) bond motifs is 8. The molecule has 0 saturated carbocycles. The second-order valence-corrected chi connectivity index (χ2v) is 13.1. The fraction of sp³-hybridized carbons (Fsp3) is 0. The van der Waals surface area contributed by atoms with Gasteiger partial charge in [0.15, 0.2) is 0 Å². The molecule has 10 rings (SSSR count). The molecule has 4 heteroatoms. The highest BCUT2D eigenvalue weighted by atomic mass is 32.1. The van der Waals surface area contributed by atoms with Crippen LogP contribution < -0.4 is 20.5 Å². The summed E-state index contributed by atoms with van der Waals surface area (Å²) in [6.45, 7) is -0.229. The summed E-state index contributed by atoms with van der Waals surface area (Å²) >= 11 is 1.89. The Bertz CT molecular complexity index is 2450. The van der Waals surface area contributed by atoms with Gasteiger partial charge in [-0.05, 0) is 64.1 Å². The molecule has 46 heavy (non-hydrogen) atoms. The van der Waals surface area contributed by atoms with E-state index in [-0.39, 0.29) is 6.92 Å². The van der Waals surface area contributed by atoms with Crippen molar-refractivity contribution in [3.8, 4) is 39.1 Å². The molecule has 0 saturated heterocycles. The molecule has 2 aliphatic rings. The molecule has 0 amide bonds. The first-order chi connectivity index (χ1) is 22.8. The lowest BCUT2D eigenvalue weighted by atomic mass is 9.49. The van der Waals surface area contributed by atoms with Gasteiger partial charge in [0.05, 0.1) is 0 Å². The largest absolute Gasteiger partial charge is 0.551 e. The third-order valence-electron chi connectivity index (χ3n) is 9.48. The number of hydrogen-bond donors (Lipinski definition) is 0. The Morgan fingerprint density at radius 2 is 1.17 bits per heavy atom. The summed E-state index contributed by atoms with van der Waals surface area (Å²) < 4.78 is 9.65. The van der Waals surface area contributed by atoms with E-state index >= 15 is 0 Å². The molecule has 7 aromatic carbocycles. The van der Waals surface area contributed by atoms with Gasteiger partial charge in [-0.2, -0.15) is 0 Å². The first-order valence-corrected chi connectivity index (χ1v) is 16.5. The fourth-order valence-corrected chi connectivity index (χ4v) is 8.63. The van der Waals surface area contributed by atoms with Crippen LogP contribution >= 0.6 is 11.3 Å². The van der Waals surface area contributed by atoms with Gasteiger partial charge in [0.2, 0.25) is 0 Å². The van der Waals surface area contributed by atoms with Gasteiger partial charge in [-0.1, -0.05) is 121 Å². The second-order valence-electron chi connectivity index (χ2n) is 12.0. The van der Waals surface area contributed by atoms with Crippen molar-refractivity contribution in [1.29, 1.82) is 0 Å². The van der Waals surface area contributed by atoms with Crippen LogP contribution in [0.3, 0.4) is 0 Å². The van der Waals surface area contributed by atoms with Gasteiger partial charge in [-0.15, -0.1) is 11.3 Å². The molecule has 0 unspecified atom stereocenters. The van der Waals surface area contributed by atoms with Gasteiger partial charge >= 0.3 is 6.92 Å². The smallest absolute Gasteiger partial charge is 0.431 e. The van der Waals surface area contributed by atoms with Crippen molar-refractivity contribution in [2.45, 2.75) is 0 Å². The number of benzene rings is 7. The zero-order chi connectivity index (χ0) is 30.2. The van der Waals surface area contributed by atoms with E-state index in [4.69, 9.17) is 4.65 Å². The maximum atomic E-state index is 7.02. The quantitative estimate of drug-likeness (QED) is 0.186.